The zero-order valence-electron chi connectivity index (χ0n) is 16.5. The Morgan fingerprint density at radius 3 is 2.93 bits per heavy atom. The first-order chi connectivity index (χ1) is 14.4. The number of para-hydroxylation sites is 1. The van der Waals surface area contributed by atoms with E-state index in [-0.39, 0.29) is 17.9 Å². The average molecular weight is 441 g/mol. The summed E-state index contributed by atoms with van der Waals surface area (Å²) in [6, 6.07) is 12.5. The van der Waals surface area contributed by atoms with Crippen molar-refractivity contribution in [2.24, 2.45) is 0 Å². The molecule has 2 atom stereocenters. The molecule has 1 aliphatic rings. The van der Waals surface area contributed by atoms with Gasteiger partial charge in [-0.05, 0) is 43.7 Å². The van der Waals surface area contributed by atoms with Gasteiger partial charge in [-0.15, -0.1) is 11.3 Å². The second-order valence-electron chi connectivity index (χ2n) is 7.23. The quantitative estimate of drug-likeness (QED) is 0.542. The molecule has 6 nitrogen and oxygen atoms in total. The highest BCUT2D eigenvalue weighted by Gasteiger charge is 2.28. The molecule has 3 heterocycles. The number of carbonyl (C=O) groups excluding carboxylic acids is 2. The van der Waals surface area contributed by atoms with Gasteiger partial charge in [-0.25, -0.2) is 0 Å². The van der Waals surface area contributed by atoms with Crippen LogP contribution in [0.25, 0.3) is 0 Å². The van der Waals surface area contributed by atoms with Crippen LogP contribution < -0.4 is 16.0 Å². The van der Waals surface area contributed by atoms with Gasteiger partial charge in [0.25, 0.3) is 5.91 Å². The molecular weight excluding hydrogens is 420 g/mol. The average Bonchev–Trinajstić information content (AvgIpc) is 3.22. The number of benzene rings is 1. The minimum Gasteiger partial charge on any atom is -0.376 e. The molecule has 3 aromatic rings. The summed E-state index contributed by atoms with van der Waals surface area (Å²) in [6.45, 7) is 3.92. The Morgan fingerprint density at radius 1 is 1.30 bits per heavy atom. The Labute approximate surface area is 183 Å². The fourth-order valence-electron chi connectivity index (χ4n) is 3.36. The van der Waals surface area contributed by atoms with Crippen molar-refractivity contribution in [2.75, 3.05) is 10.6 Å². The molecule has 0 aliphatic carbocycles. The van der Waals surface area contributed by atoms with Crippen LogP contribution in [-0.2, 0) is 11.2 Å². The van der Waals surface area contributed by atoms with Crippen LogP contribution >= 0.6 is 22.9 Å². The van der Waals surface area contributed by atoms with Crippen molar-refractivity contribution in [3.05, 3.63) is 74.7 Å². The second kappa shape index (κ2) is 8.45. The number of halogens is 1. The van der Waals surface area contributed by atoms with Crippen LogP contribution in [0, 0.1) is 6.92 Å². The molecular formula is C22H21ClN4O2S. The van der Waals surface area contributed by atoms with Gasteiger partial charge in [0.2, 0.25) is 5.91 Å². The lowest BCUT2D eigenvalue weighted by molar-refractivity contribution is -0.118. The third kappa shape index (κ3) is 4.32. The zero-order valence-corrected chi connectivity index (χ0v) is 18.1. The van der Waals surface area contributed by atoms with E-state index in [4.69, 9.17) is 11.6 Å². The van der Waals surface area contributed by atoms with Crippen LogP contribution in [0.4, 0.5) is 11.4 Å². The van der Waals surface area contributed by atoms with Crippen molar-refractivity contribution >= 4 is 46.1 Å². The molecule has 0 fully saturated rings. The lowest BCUT2D eigenvalue weighted by Crippen LogP contribution is -2.47. The van der Waals surface area contributed by atoms with Crippen molar-refractivity contribution in [1.82, 2.24) is 10.3 Å². The van der Waals surface area contributed by atoms with Crippen molar-refractivity contribution in [1.29, 1.82) is 0 Å². The molecule has 0 bridgehead atoms. The summed E-state index contributed by atoms with van der Waals surface area (Å²) in [4.78, 5) is 30.9. The van der Waals surface area contributed by atoms with E-state index in [9.17, 15) is 9.59 Å². The van der Waals surface area contributed by atoms with Crippen LogP contribution in [-0.4, -0.2) is 22.8 Å². The maximum absolute atomic E-state index is 12.7. The zero-order chi connectivity index (χ0) is 21.3. The summed E-state index contributed by atoms with van der Waals surface area (Å²) in [5.74, 6) is -0.448. The predicted molar refractivity (Wildman–Crippen MR) is 120 cm³/mol. The molecule has 1 unspecified atom stereocenters. The lowest BCUT2D eigenvalue weighted by atomic mass is 9.99. The summed E-state index contributed by atoms with van der Waals surface area (Å²) in [7, 11) is 0. The monoisotopic (exact) mass is 440 g/mol. The summed E-state index contributed by atoms with van der Waals surface area (Å²) < 4.78 is 0. The van der Waals surface area contributed by atoms with Crippen LogP contribution in [0.1, 0.15) is 38.8 Å². The maximum Gasteiger partial charge on any atom is 0.262 e. The Balaban J connectivity index is 1.43. The van der Waals surface area contributed by atoms with Crippen molar-refractivity contribution in [2.45, 2.75) is 32.4 Å². The first-order valence-corrected chi connectivity index (χ1v) is 10.8. The number of nitrogens with zero attached hydrogens (tertiary/aromatic N) is 1. The molecule has 30 heavy (non-hydrogen) atoms. The molecule has 0 saturated heterocycles. The number of anilines is 2. The molecule has 3 N–H and O–H groups in total. The number of nitrogens with one attached hydrogen (secondary N) is 3. The summed E-state index contributed by atoms with van der Waals surface area (Å²) in [6.07, 6.45) is 2.09. The van der Waals surface area contributed by atoms with E-state index >= 15 is 0 Å². The molecule has 0 saturated carbocycles. The van der Waals surface area contributed by atoms with Crippen LogP contribution in [0.5, 0.6) is 0 Å². The van der Waals surface area contributed by atoms with Crippen LogP contribution in [0.2, 0.25) is 5.02 Å². The number of thiophene rings is 1. The van der Waals surface area contributed by atoms with Gasteiger partial charge in [-0.2, -0.15) is 0 Å². The summed E-state index contributed by atoms with van der Waals surface area (Å²) in [5.41, 5.74) is 3.52. The molecule has 1 aromatic carbocycles. The number of hydrogen-bond acceptors (Lipinski definition) is 5. The second-order valence-corrected chi connectivity index (χ2v) is 8.78. The highest BCUT2D eigenvalue weighted by Crippen LogP contribution is 2.29. The third-order valence-corrected chi connectivity index (χ3v) is 6.50. The Hall–Kier alpha value is -2.90. The number of aryl methyl sites for hydroxylation is 1. The molecule has 1 aliphatic heterocycles. The van der Waals surface area contributed by atoms with Gasteiger partial charge in [0.05, 0.1) is 27.3 Å². The van der Waals surface area contributed by atoms with Crippen LogP contribution in [0.15, 0.2) is 48.7 Å². The van der Waals surface area contributed by atoms with E-state index in [2.05, 4.69) is 20.9 Å². The number of carbonyl (C=O) groups is 2. The van der Waals surface area contributed by atoms with Gasteiger partial charge in [0.1, 0.15) is 6.04 Å². The van der Waals surface area contributed by atoms with E-state index in [1.54, 1.807) is 12.3 Å². The molecule has 0 radical (unpaired) electrons. The lowest BCUT2D eigenvalue weighted by Gasteiger charge is -2.25. The highest BCUT2D eigenvalue weighted by atomic mass is 35.5. The van der Waals surface area contributed by atoms with E-state index < -0.39 is 6.04 Å². The van der Waals surface area contributed by atoms with Gasteiger partial charge in [-0.1, -0.05) is 29.8 Å². The number of hydrogen-bond donors (Lipinski definition) is 3. The normalized spacial score (nSPS) is 16.4. The number of aromatic nitrogens is 1. The van der Waals surface area contributed by atoms with Crippen molar-refractivity contribution < 1.29 is 9.59 Å². The number of rotatable bonds is 5. The number of amides is 2. The van der Waals surface area contributed by atoms with E-state index in [0.29, 0.717) is 16.3 Å². The summed E-state index contributed by atoms with van der Waals surface area (Å²) in [5, 5.41) is 9.66. The van der Waals surface area contributed by atoms with E-state index in [0.717, 1.165) is 27.5 Å². The summed E-state index contributed by atoms with van der Waals surface area (Å²) >= 11 is 7.44. The molecule has 4 rings (SSSR count). The van der Waals surface area contributed by atoms with Gasteiger partial charge in [0.15, 0.2) is 0 Å². The highest BCUT2D eigenvalue weighted by molar-refractivity contribution is 7.14. The Morgan fingerprint density at radius 2 is 2.10 bits per heavy atom. The largest absolute Gasteiger partial charge is 0.376 e. The molecule has 0 spiro atoms. The van der Waals surface area contributed by atoms with Crippen molar-refractivity contribution in [3.63, 3.8) is 0 Å². The van der Waals surface area contributed by atoms with Gasteiger partial charge in [0, 0.05) is 23.2 Å². The molecule has 2 aromatic heterocycles. The van der Waals surface area contributed by atoms with E-state index in [1.165, 1.54) is 11.3 Å². The first-order valence-electron chi connectivity index (χ1n) is 9.59. The Bertz CT molecular complexity index is 1110. The predicted octanol–water partition coefficient (Wildman–Crippen LogP) is 4.57. The van der Waals surface area contributed by atoms with Gasteiger partial charge >= 0.3 is 0 Å². The fraction of sp³-hybridized carbons (Fsp3) is 0.227. The van der Waals surface area contributed by atoms with Gasteiger partial charge in [-0.3, -0.25) is 14.6 Å². The number of fused-ring (bicyclic) bond motifs is 1. The van der Waals surface area contributed by atoms with Crippen LogP contribution in [0.3, 0.4) is 0 Å². The molecule has 154 valence electrons. The topological polar surface area (TPSA) is 83.1 Å². The van der Waals surface area contributed by atoms with Crippen molar-refractivity contribution in [3.8, 4) is 0 Å². The SMILES string of the molecule is Cc1ncc(Cl)cc1N[C@@H](C)c1ccc(C(=O)NC2Cc3ccccc3NC2=O)s1. The van der Waals surface area contributed by atoms with Gasteiger partial charge < -0.3 is 16.0 Å². The maximum atomic E-state index is 12.7. The minimum absolute atomic E-state index is 0.0274. The van der Waals surface area contributed by atoms with E-state index in [1.807, 2.05) is 50.2 Å². The smallest absolute Gasteiger partial charge is 0.262 e. The first kappa shape index (κ1) is 20.4. The fourth-order valence-corrected chi connectivity index (χ4v) is 4.44. The number of pyridine rings is 1. The molecule has 8 heteroatoms. The Kier molecular flexibility index (Phi) is 5.74. The third-order valence-electron chi connectivity index (χ3n) is 5.02. The molecule has 2 amide bonds. The minimum atomic E-state index is -0.589. The standard InChI is InChI=1S/C22H21ClN4O2S/c1-12-17(10-15(23)11-24-12)25-13(2)19-7-8-20(30-19)22(29)27-18-9-14-5-3-4-6-16(14)26-21(18)28/h3-8,10-11,13,18,25H,9H2,1-2H3,(H,26,28)(H,27,29)/t13-,18?/m0/s1.